The number of rotatable bonds is 3. The van der Waals surface area contributed by atoms with Crippen molar-refractivity contribution in [1.29, 1.82) is 0 Å². The van der Waals surface area contributed by atoms with E-state index in [-0.39, 0.29) is 0 Å². The maximum Gasteiger partial charge on any atom is 0.332 e. The summed E-state index contributed by atoms with van der Waals surface area (Å²) in [5.41, 5.74) is 0.602. The molecule has 0 saturated carbocycles. The molecule has 1 N–H and O–H groups in total. The fourth-order valence-corrected chi connectivity index (χ4v) is 1.97. The maximum atomic E-state index is 10.8. The fourth-order valence-electron chi connectivity index (χ4n) is 1.97. The second kappa shape index (κ2) is 4.77. The summed E-state index contributed by atoms with van der Waals surface area (Å²) in [6.45, 7) is 0. The topological polar surface area (TPSA) is 98.3 Å². The van der Waals surface area contributed by atoms with Gasteiger partial charge in [0.05, 0.1) is 0 Å². The van der Waals surface area contributed by atoms with Crippen molar-refractivity contribution in [1.82, 2.24) is 15.1 Å². The molecule has 7 nitrogen and oxygen atoms in total. The van der Waals surface area contributed by atoms with Crippen LogP contribution in [-0.2, 0) is 9.53 Å². The van der Waals surface area contributed by atoms with Crippen LogP contribution in [0, 0.1) is 0 Å². The number of pyridine rings is 1. The molecule has 2 aromatic heterocycles. The molecule has 0 bridgehead atoms. The van der Waals surface area contributed by atoms with Gasteiger partial charge in [0, 0.05) is 6.20 Å². The van der Waals surface area contributed by atoms with Gasteiger partial charge in [-0.2, -0.15) is 4.98 Å². The number of carbonyl (C=O) groups is 1. The van der Waals surface area contributed by atoms with Gasteiger partial charge >= 0.3 is 5.97 Å². The van der Waals surface area contributed by atoms with Crippen molar-refractivity contribution in [2.24, 2.45) is 0 Å². The zero-order chi connectivity index (χ0) is 13.2. The van der Waals surface area contributed by atoms with E-state index >= 15 is 0 Å². The number of ether oxygens (including phenoxy) is 1. The molecule has 1 saturated heterocycles. The normalized spacial score (nSPS) is 22.5. The Morgan fingerprint density at radius 3 is 2.95 bits per heavy atom. The number of carboxylic acids is 1. The Balaban J connectivity index is 1.78. The lowest BCUT2D eigenvalue weighted by molar-refractivity contribution is -0.150. The summed E-state index contributed by atoms with van der Waals surface area (Å²) in [4.78, 5) is 19.1. The van der Waals surface area contributed by atoms with Gasteiger partial charge in [0.15, 0.2) is 6.10 Å². The molecule has 2 atom stereocenters. The van der Waals surface area contributed by atoms with E-state index in [1.54, 1.807) is 18.3 Å². The Morgan fingerprint density at radius 1 is 1.37 bits per heavy atom. The van der Waals surface area contributed by atoms with Crippen molar-refractivity contribution in [2.45, 2.75) is 25.0 Å². The van der Waals surface area contributed by atoms with Gasteiger partial charge in [-0.3, -0.25) is 4.98 Å². The van der Waals surface area contributed by atoms with Crippen LogP contribution in [0.1, 0.15) is 24.8 Å². The number of carboxylic acid groups (broad SMARTS) is 1. The molecule has 0 aliphatic carbocycles. The third-order valence-corrected chi connectivity index (χ3v) is 2.91. The Morgan fingerprint density at radius 2 is 2.26 bits per heavy atom. The minimum absolute atomic E-state index is 0.296. The van der Waals surface area contributed by atoms with Crippen molar-refractivity contribution < 1.29 is 19.2 Å². The van der Waals surface area contributed by atoms with E-state index in [2.05, 4.69) is 15.1 Å². The van der Waals surface area contributed by atoms with Gasteiger partial charge in [-0.25, -0.2) is 4.79 Å². The van der Waals surface area contributed by atoms with Crippen molar-refractivity contribution in [3.05, 3.63) is 30.3 Å². The zero-order valence-corrected chi connectivity index (χ0v) is 9.89. The van der Waals surface area contributed by atoms with Crippen LogP contribution >= 0.6 is 0 Å². The lowest BCUT2D eigenvalue weighted by Crippen LogP contribution is -2.18. The predicted molar refractivity (Wildman–Crippen MR) is 62.0 cm³/mol. The van der Waals surface area contributed by atoms with Crippen molar-refractivity contribution in [3.63, 3.8) is 0 Å². The Hall–Kier alpha value is -2.28. The van der Waals surface area contributed by atoms with E-state index in [0.29, 0.717) is 30.3 Å². The van der Waals surface area contributed by atoms with Crippen LogP contribution in [-0.4, -0.2) is 32.3 Å². The lowest BCUT2D eigenvalue weighted by atomic mass is 10.2. The van der Waals surface area contributed by atoms with Crippen LogP contribution < -0.4 is 0 Å². The molecular formula is C12H11N3O4. The minimum Gasteiger partial charge on any atom is -0.479 e. The monoisotopic (exact) mass is 261 g/mol. The fraction of sp³-hybridized carbons (Fsp3) is 0.333. The van der Waals surface area contributed by atoms with Crippen molar-refractivity contribution >= 4 is 5.97 Å². The summed E-state index contributed by atoms with van der Waals surface area (Å²) in [6, 6.07) is 5.39. The van der Waals surface area contributed by atoms with Crippen LogP contribution in [0.4, 0.5) is 0 Å². The second-order valence-electron chi connectivity index (χ2n) is 4.20. The number of nitrogens with zero attached hydrogens (tertiary/aromatic N) is 3. The average Bonchev–Trinajstić information content (AvgIpc) is 3.09. The van der Waals surface area contributed by atoms with E-state index in [0.717, 1.165) is 0 Å². The first-order valence-corrected chi connectivity index (χ1v) is 5.87. The van der Waals surface area contributed by atoms with Gasteiger partial charge in [-0.05, 0) is 25.0 Å². The smallest absolute Gasteiger partial charge is 0.332 e. The molecule has 2 aromatic rings. The quantitative estimate of drug-likeness (QED) is 0.892. The van der Waals surface area contributed by atoms with Crippen LogP contribution in [0.5, 0.6) is 0 Å². The SMILES string of the molecule is O=C(O)C1CCC(c2nc(-c3ccccn3)no2)O1. The minimum atomic E-state index is -0.966. The predicted octanol–water partition coefficient (Wildman–Crippen LogP) is 1.44. The lowest BCUT2D eigenvalue weighted by Gasteiger charge is -2.05. The van der Waals surface area contributed by atoms with Gasteiger partial charge in [0.1, 0.15) is 11.8 Å². The molecule has 1 aliphatic rings. The zero-order valence-electron chi connectivity index (χ0n) is 9.89. The average molecular weight is 261 g/mol. The van der Waals surface area contributed by atoms with Gasteiger partial charge in [0.25, 0.3) is 5.89 Å². The van der Waals surface area contributed by atoms with Crippen molar-refractivity contribution in [2.75, 3.05) is 0 Å². The number of hydrogen-bond donors (Lipinski definition) is 1. The summed E-state index contributed by atoms with van der Waals surface area (Å²) >= 11 is 0. The molecule has 2 unspecified atom stereocenters. The highest BCUT2D eigenvalue weighted by molar-refractivity contribution is 5.72. The standard InChI is InChI=1S/C12H11N3O4/c16-12(17)9-5-4-8(18-9)11-14-10(15-19-11)7-3-1-2-6-13-7/h1-3,6,8-9H,4-5H2,(H,16,17). The number of aromatic nitrogens is 3. The highest BCUT2D eigenvalue weighted by Gasteiger charge is 2.34. The molecule has 0 spiro atoms. The molecule has 98 valence electrons. The Bertz CT molecular complexity index is 584. The van der Waals surface area contributed by atoms with Crippen LogP contribution in [0.15, 0.2) is 28.9 Å². The van der Waals surface area contributed by atoms with E-state index in [4.69, 9.17) is 14.4 Å². The first-order valence-electron chi connectivity index (χ1n) is 5.87. The summed E-state index contributed by atoms with van der Waals surface area (Å²) in [7, 11) is 0. The summed E-state index contributed by atoms with van der Waals surface area (Å²) < 4.78 is 10.5. The molecule has 1 fully saturated rings. The third-order valence-electron chi connectivity index (χ3n) is 2.91. The number of hydrogen-bond acceptors (Lipinski definition) is 6. The highest BCUT2D eigenvalue weighted by Crippen LogP contribution is 2.32. The van der Waals surface area contributed by atoms with Crippen LogP contribution in [0.2, 0.25) is 0 Å². The van der Waals surface area contributed by atoms with E-state index in [1.807, 2.05) is 6.07 Å². The molecule has 7 heteroatoms. The Labute approximate surface area is 108 Å². The molecule has 3 heterocycles. The van der Waals surface area contributed by atoms with Gasteiger partial charge in [-0.1, -0.05) is 11.2 Å². The molecule has 0 aromatic carbocycles. The van der Waals surface area contributed by atoms with Crippen molar-refractivity contribution in [3.8, 4) is 11.5 Å². The molecular weight excluding hydrogens is 250 g/mol. The van der Waals surface area contributed by atoms with Gasteiger partial charge in [0.2, 0.25) is 5.82 Å². The number of aliphatic carboxylic acids is 1. The van der Waals surface area contributed by atoms with Crippen LogP contribution in [0.3, 0.4) is 0 Å². The highest BCUT2D eigenvalue weighted by atomic mass is 16.5. The largest absolute Gasteiger partial charge is 0.479 e. The summed E-state index contributed by atoms with van der Waals surface area (Å²) in [5.74, 6) is -0.297. The van der Waals surface area contributed by atoms with Gasteiger partial charge < -0.3 is 14.4 Å². The summed E-state index contributed by atoms with van der Waals surface area (Å²) in [5, 5.41) is 12.7. The molecule has 1 aliphatic heterocycles. The van der Waals surface area contributed by atoms with E-state index < -0.39 is 18.2 Å². The summed E-state index contributed by atoms with van der Waals surface area (Å²) in [6.07, 6.45) is 1.39. The molecule has 0 amide bonds. The maximum absolute atomic E-state index is 10.8. The Kier molecular flexibility index (Phi) is 2.96. The molecule has 0 radical (unpaired) electrons. The third kappa shape index (κ3) is 2.32. The van der Waals surface area contributed by atoms with Gasteiger partial charge in [-0.15, -0.1) is 0 Å². The van der Waals surface area contributed by atoms with E-state index in [1.165, 1.54) is 0 Å². The van der Waals surface area contributed by atoms with Crippen LogP contribution in [0.25, 0.3) is 11.5 Å². The van der Waals surface area contributed by atoms with E-state index in [9.17, 15) is 4.79 Å². The second-order valence-corrected chi connectivity index (χ2v) is 4.20. The molecule has 3 rings (SSSR count). The molecule has 19 heavy (non-hydrogen) atoms. The first kappa shape index (κ1) is 11.8. The first-order chi connectivity index (χ1) is 9.24.